The summed E-state index contributed by atoms with van der Waals surface area (Å²) in [6.45, 7) is 5.32. The van der Waals surface area contributed by atoms with Crippen LogP contribution in [0.2, 0.25) is 0 Å². The smallest absolute Gasteiger partial charge is 0.250 e. The first-order valence-corrected chi connectivity index (χ1v) is 7.56. The number of nitrogens with zero attached hydrogens (tertiary/aromatic N) is 4. The third-order valence-corrected chi connectivity index (χ3v) is 2.89. The lowest BCUT2D eigenvalue weighted by Crippen LogP contribution is -2.10. The Morgan fingerprint density at radius 1 is 1.08 bits per heavy atom. The van der Waals surface area contributed by atoms with Crippen molar-refractivity contribution in [2.75, 3.05) is 36.3 Å². The SMILES string of the molecule is CCNc1nc(NCC)nc(N/N=C/c2ccc(O)c(OC)c2)n1. The minimum absolute atomic E-state index is 0.0747. The Morgan fingerprint density at radius 2 is 1.71 bits per heavy atom. The van der Waals surface area contributed by atoms with Gasteiger partial charge in [-0.15, -0.1) is 0 Å². The summed E-state index contributed by atoms with van der Waals surface area (Å²) in [4.78, 5) is 12.7. The van der Waals surface area contributed by atoms with Crippen molar-refractivity contribution in [1.82, 2.24) is 15.0 Å². The lowest BCUT2D eigenvalue weighted by atomic mass is 10.2. The number of phenolic OH excluding ortho intramolecular Hbond substituents is 1. The zero-order chi connectivity index (χ0) is 17.4. The summed E-state index contributed by atoms with van der Waals surface area (Å²) in [6.07, 6.45) is 1.57. The van der Waals surface area contributed by atoms with Gasteiger partial charge in [0.15, 0.2) is 11.5 Å². The summed E-state index contributed by atoms with van der Waals surface area (Å²) in [5.74, 6) is 1.70. The summed E-state index contributed by atoms with van der Waals surface area (Å²) < 4.78 is 5.05. The van der Waals surface area contributed by atoms with Crippen LogP contribution in [0.15, 0.2) is 23.3 Å². The van der Waals surface area contributed by atoms with E-state index in [1.54, 1.807) is 18.3 Å². The standard InChI is InChI=1S/C15H21N7O2/c1-4-16-13-19-14(17-5-2)21-15(20-13)22-18-9-10-6-7-11(23)12(8-10)24-3/h6-9,23H,4-5H2,1-3H3,(H3,16,17,19,20,21,22)/b18-9+. The Kier molecular flexibility index (Phi) is 6.12. The number of rotatable bonds is 8. The van der Waals surface area contributed by atoms with E-state index in [1.807, 2.05) is 13.8 Å². The van der Waals surface area contributed by atoms with Crippen molar-refractivity contribution in [3.63, 3.8) is 0 Å². The van der Waals surface area contributed by atoms with Crippen LogP contribution in [0.4, 0.5) is 17.8 Å². The highest BCUT2D eigenvalue weighted by Crippen LogP contribution is 2.25. The van der Waals surface area contributed by atoms with Crippen LogP contribution >= 0.6 is 0 Å². The molecule has 0 fully saturated rings. The molecule has 9 nitrogen and oxygen atoms in total. The highest BCUT2D eigenvalue weighted by molar-refractivity contribution is 5.81. The van der Waals surface area contributed by atoms with Gasteiger partial charge in [-0.2, -0.15) is 20.1 Å². The van der Waals surface area contributed by atoms with E-state index in [-0.39, 0.29) is 5.75 Å². The molecule has 1 aromatic carbocycles. The third kappa shape index (κ3) is 4.70. The maximum atomic E-state index is 9.57. The number of phenols is 1. The van der Waals surface area contributed by atoms with E-state index in [0.717, 1.165) is 5.56 Å². The molecule has 128 valence electrons. The van der Waals surface area contributed by atoms with Crippen molar-refractivity contribution >= 4 is 24.1 Å². The van der Waals surface area contributed by atoms with Gasteiger partial charge in [-0.3, -0.25) is 0 Å². The van der Waals surface area contributed by atoms with Crippen LogP contribution in [-0.4, -0.2) is 46.5 Å². The molecule has 0 radical (unpaired) electrons. The van der Waals surface area contributed by atoms with Gasteiger partial charge in [0.2, 0.25) is 17.8 Å². The molecule has 0 aliphatic rings. The van der Waals surface area contributed by atoms with Crippen LogP contribution in [0.25, 0.3) is 0 Å². The predicted octanol–water partition coefficient (Wildman–Crippen LogP) is 1.90. The molecule has 0 saturated heterocycles. The number of ether oxygens (including phenoxy) is 1. The number of aromatic nitrogens is 3. The highest BCUT2D eigenvalue weighted by atomic mass is 16.5. The molecule has 0 saturated carbocycles. The minimum Gasteiger partial charge on any atom is -0.504 e. The Morgan fingerprint density at radius 3 is 2.29 bits per heavy atom. The monoisotopic (exact) mass is 331 g/mol. The van der Waals surface area contributed by atoms with Crippen molar-refractivity contribution < 1.29 is 9.84 Å². The quantitative estimate of drug-likeness (QED) is 0.428. The minimum atomic E-state index is 0.0747. The van der Waals surface area contributed by atoms with Gasteiger partial charge in [-0.05, 0) is 37.6 Å². The van der Waals surface area contributed by atoms with Crippen LogP contribution in [0.3, 0.4) is 0 Å². The van der Waals surface area contributed by atoms with E-state index in [1.165, 1.54) is 13.2 Å². The lowest BCUT2D eigenvalue weighted by Gasteiger charge is -2.07. The van der Waals surface area contributed by atoms with Crippen molar-refractivity contribution in [1.29, 1.82) is 0 Å². The lowest BCUT2D eigenvalue weighted by molar-refractivity contribution is 0.373. The number of hydrogen-bond donors (Lipinski definition) is 4. The Labute approximate surface area is 140 Å². The van der Waals surface area contributed by atoms with Gasteiger partial charge < -0.3 is 20.5 Å². The molecule has 0 spiro atoms. The molecular weight excluding hydrogens is 310 g/mol. The number of anilines is 3. The number of methoxy groups -OCH3 is 1. The van der Waals surface area contributed by atoms with Gasteiger partial charge in [-0.25, -0.2) is 5.43 Å². The predicted molar refractivity (Wildman–Crippen MR) is 94.0 cm³/mol. The van der Waals surface area contributed by atoms with Gasteiger partial charge in [-0.1, -0.05) is 0 Å². The highest BCUT2D eigenvalue weighted by Gasteiger charge is 2.05. The average molecular weight is 331 g/mol. The maximum Gasteiger partial charge on any atom is 0.250 e. The number of aromatic hydroxyl groups is 1. The van der Waals surface area contributed by atoms with Gasteiger partial charge >= 0.3 is 0 Å². The van der Waals surface area contributed by atoms with E-state index in [2.05, 4.69) is 36.1 Å². The summed E-state index contributed by atoms with van der Waals surface area (Å²) >= 11 is 0. The summed E-state index contributed by atoms with van der Waals surface area (Å²) in [5.41, 5.74) is 3.52. The Balaban J connectivity index is 2.12. The van der Waals surface area contributed by atoms with Crippen LogP contribution in [0.5, 0.6) is 11.5 Å². The van der Waals surface area contributed by atoms with Gasteiger partial charge in [0.05, 0.1) is 13.3 Å². The van der Waals surface area contributed by atoms with E-state index >= 15 is 0 Å². The fourth-order valence-electron chi connectivity index (χ4n) is 1.84. The second-order valence-electron chi connectivity index (χ2n) is 4.67. The second-order valence-corrected chi connectivity index (χ2v) is 4.67. The van der Waals surface area contributed by atoms with Gasteiger partial charge in [0, 0.05) is 13.1 Å². The van der Waals surface area contributed by atoms with Crippen LogP contribution in [0, 0.1) is 0 Å². The van der Waals surface area contributed by atoms with Crippen molar-refractivity contribution in [3.8, 4) is 11.5 Å². The fourth-order valence-corrected chi connectivity index (χ4v) is 1.84. The molecule has 0 unspecified atom stereocenters. The Bertz CT molecular complexity index is 682. The van der Waals surface area contributed by atoms with Crippen LogP contribution in [0.1, 0.15) is 19.4 Å². The molecule has 24 heavy (non-hydrogen) atoms. The zero-order valence-corrected chi connectivity index (χ0v) is 13.9. The third-order valence-electron chi connectivity index (χ3n) is 2.89. The fraction of sp³-hybridized carbons (Fsp3) is 0.333. The molecule has 2 rings (SSSR count). The van der Waals surface area contributed by atoms with E-state index in [4.69, 9.17) is 4.74 Å². The molecule has 0 atom stereocenters. The first-order chi connectivity index (χ1) is 11.7. The second kappa shape index (κ2) is 8.51. The number of benzene rings is 1. The zero-order valence-electron chi connectivity index (χ0n) is 13.9. The van der Waals surface area contributed by atoms with Gasteiger partial charge in [0.25, 0.3) is 0 Å². The molecular formula is C15H21N7O2. The largest absolute Gasteiger partial charge is 0.504 e. The average Bonchev–Trinajstić information content (AvgIpc) is 2.57. The molecule has 9 heteroatoms. The maximum absolute atomic E-state index is 9.57. The van der Waals surface area contributed by atoms with Crippen LogP contribution in [-0.2, 0) is 0 Å². The van der Waals surface area contributed by atoms with Crippen molar-refractivity contribution in [3.05, 3.63) is 23.8 Å². The van der Waals surface area contributed by atoms with E-state index in [0.29, 0.717) is 36.7 Å². The van der Waals surface area contributed by atoms with Gasteiger partial charge in [0.1, 0.15) is 0 Å². The molecule has 1 heterocycles. The summed E-state index contributed by atoms with van der Waals surface area (Å²) in [6, 6.07) is 4.92. The summed E-state index contributed by atoms with van der Waals surface area (Å²) in [5, 5.41) is 19.7. The molecule has 0 bridgehead atoms. The first kappa shape index (κ1) is 17.3. The molecule has 0 amide bonds. The van der Waals surface area contributed by atoms with Crippen LogP contribution < -0.4 is 20.8 Å². The molecule has 0 aliphatic carbocycles. The number of nitrogens with one attached hydrogen (secondary N) is 3. The normalized spacial score (nSPS) is 10.6. The molecule has 4 N–H and O–H groups in total. The molecule has 1 aromatic heterocycles. The number of hydrogen-bond acceptors (Lipinski definition) is 9. The Hall–Kier alpha value is -3.10. The van der Waals surface area contributed by atoms with Crippen molar-refractivity contribution in [2.45, 2.75) is 13.8 Å². The summed E-state index contributed by atoms with van der Waals surface area (Å²) in [7, 11) is 1.49. The van der Waals surface area contributed by atoms with E-state index in [9.17, 15) is 5.11 Å². The first-order valence-electron chi connectivity index (χ1n) is 7.56. The van der Waals surface area contributed by atoms with E-state index < -0.39 is 0 Å². The topological polar surface area (TPSA) is 117 Å². The van der Waals surface area contributed by atoms with Crippen molar-refractivity contribution in [2.24, 2.45) is 5.10 Å². The molecule has 0 aliphatic heterocycles. The number of hydrazone groups is 1. The molecule has 2 aromatic rings.